The van der Waals surface area contributed by atoms with Crippen LogP contribution in [0, 0.1) is 10.1 Å². The van der Waals surface area contributed by atoms with Gasteiger partial charge in [-0.25, -0.2) is 9.97 Å². The number of aromatic nitrogens is 2. The van der Waals surface area contributed by atoms with Crippen molar-refractivity contribution < 1.29 is 4.92 Å². The van der Waals surface area contributed by atoms with E-state index in [1.807, 2.05) is 13.8 Å². The molecule has 92 valence electrons. The lowest BCUT2D eigenvalue weighted by molar-refractivity contribution is -0.384. The minimum absolute atomic E-state index is 0.0250. The highest BCUT2D eigenvalue weighted by atomic mass is 35.5. The third kappa shape index (κ3) is 2.46. The molecule has 0 spiro atoms. The molecule has 1 aromatic carbocycles. The number of allylic oxidation sites excluding steroid dienone is 1. The molecule has 18 heavy (non-hydrogen) atoms. The Kier molecular flexibility index (Phi) is 3.25. The lowest BCUT2D eigenvalue weighted by atomic mass is 10.2. The first kappa shape index (κ1) is 12.4. The van der Waals surface area contributed by atoms with Crippen molar-refractivity contribution >= 4 is 34.3 Å². The normalized spacial score (nSPS) is 10.4. The number of non-ortho nitro benzene ring substituents is 1. The number of nitro groups is 1. The molecule has 2 aromatic rings. The van der Waals surface area contributed by atoms with Gasteiger partial charge in [-0.3, -0.25) is 10.1 Å². The maximum Gasteiger partial charge on any atom is 0.270 e. The molecule has 0 aliphatic carbocycles. The Bertz CT molecular complexity index is 664. The smallest absolute Gasteiger partial charge is 0.258 e. The Hall–Kier alpha value is -2.01. The van der Waals surface area contributed by atoms with Crippen LogP contribution in [0.25, 0.3) is 17.0 Å². The minimum Gasteiger partial charge on any atom is -0.258 e. The summed E-state index contributed by atoms with van der Waals surface area (Å²) < 4.78 is 0. The molecule has 1 heterocycles. The fraction of sp³-hybridized carbons (Fsp3) is 0.167. The van der Waals surface area contributed by atoms with Gasteiger partial charge in [0.2, 0.25) is 0 Å². The molecular formula is C12H10ClN3O2. The minimum atomic E-state index is -0.472. The number of rotatable bonds is 2. The Morgan fingerprint density at radius 2 is 2.11 bits per heavy atom. The number of hydrogen-bond acceptors (Lipinski definition) is 4. The van der Waals surface area contributed by atoms with E-state index >= 15 is 0 Å². The van der Waals surface area contributed by atoms with Gasteiger partial charge in [-0.15, -0.1) is 0 Å². The Morgan fingerprint density at radius 3 is 2.72 bits per heavy atom. The summed E-state index contributed by atoms with van der Waals surface area (Å²) in [6.07, 6.45) is 1.80. The van der Waals surface area contributed by atoms with Gasteiger partial charge >= 0.3 is 0 Å². The van der Waals surface area contributed by atoms with E-state index in [2.05, 4.69) is 9.97 Å². The van der Waals surface area contributed by atoms with Crippen LogP contribution in [0.2, 0.25) is 5.15 Å². The lowest BCUT2D eigenvalue weighted by Crippen LogP contribution is -1.93. The Morgan fingerprint density at radius 1 is 1.39 bits per heavy atom. The standard InChI is InChI=1S/C12H10ClN3O2/c1-7(2)5-11-14-10-4-3-8(16(17)18)6-9(10)12(13)15-11/h3-6H,1-2H3. The van der Waals surface area contributed by atoms with E-state index in [4.69, 9.17) is 11.6 Å². The molecule has 5 nitrogen and oxygen atoms in total. The molecular weight excluding hydrogens is 254 g/mol. The van der Waals surface area contributed by atoms with Crippen molar-refractivity contribution in [2.24, 2.45) is 0 Å². The van der Waals surface area contributed by atoms with Gasteiger partial charge in [-0.05, 0) is 26.0 Å². The number of nitro benzene ring substituents is 1. The average Bonchev–Trinajstić information content (AvgIpc) is 2.27. The number of nitrogens with zero attached hydrogens (tertiary/aromatic N) is 3. The third-order valence-electron chi connectivity index (χ3n) is 2.28. The number of hydrogen-bond donors (Lipinski definition) is 0. The number of benzene rings is 1. The van der Waals surface area contributed by atoms with Crippen LogP contribution in [-0.4, -0.2) is 14.9 Å². The summed E-state index contributed by atoms with van der Waals surface area (Å²) in [5.41, 5.74) is 1.61. The highest BCUT2D eigenvalue weighted by Crippen LogP contribution is 2.25. The number of fused-ring (bicyclic) bond motifs is 1. The summed E-state index contributed by atoms with van der Waals surface area (Å²) in [7, 11) is 0. The molecule has 2 rings (SSSR count). The van der Waals surface area contributed by atoms with Gasteiger partial charge < -0.3 is 0 Å². The van der Waals surface area contributed by atoms with Crippen LogP contribution < -0.4 is 0 Å². The molecule has 0 fully saturated rings. The van der Waals surface area contributed by atoms with E-state index in [9.17, 15) is 10.1 Å². The zero-order valence-corrected chi connectivity index (χ0v) is 10.6. The second-order valence-corrected chi connectivity index (χ2v) is 4.41. The van der Waals surface area contributed by atoms with E-state index in [-0.39, 0.29) is 10.8 Å². The highest BCUT2D eigenvalue weighted by molar-refractivity contribution is 6.34. The second kappa shape index (κ2) is 4.70. The molecule has 0 saturated carbocycles. The number of halogens is 1. The predicted molar refractivity (Wildman–Crippen MR) is 70.5 cm³/mol. The monoisotopic (exact) mass is 263 g/mol. The maximum absolute atomic E-state index is 10.7. The van der Waals surface area contributed by atoms with Crippen molar-refractivity contribution in [3.8, 4) is 0 Å². The molecule has 6 heteroatoms. The zero-order valence-electron chi connectivity index (χ0n) is 9.85. The van der Waals surface area contributed by atoms with E-state index in [1.54, 1.807) is 12.1 Å². The molecule has 0 saturated heterocycles. The van der Waals surface area contributed by atoms with Crippen LogP contribution in [0.1, 0.15) is 19.7 Å². The van der Waals surface area contributed by atoms with Crippen molar-refractivity contribution in [2.75, 3.05) is 0 Å². The van der Waals surface area contributed by atoms with Crippen LogP contribution in [-0.2, 0) is 0 Å². The topological polar surface area (TPSA) is 68.9 Å². The molecule has 0 aliphatic rings. The van der Waals surface area contributed by atoms with Gasteiger partial charge in [0.15, 0.2) is 5.82 Å². The summed E-state index contributed by atoms with van der Waals surface area (Å²) in [6, 6.07) is 4.35. The van der Waals surface area contributed by atoms with E-state index in [1.165, 1.54) is 12.1 Å². The molecule has 0 N–H and O–H groups in total. The van der Waals surface area contributed by atoms with Crippen LogP contribution in [0.4, 0.5) is 5.69 Å². The first-order valence-corrected chi connectivity index (χ1v) is 5.62. The van der Waals surface area contributed by atoms with Crippen molar-refractivity contribution in [3.63, 3.8) is 0 Å². The predicted octanol–water partition coefficient (Wildman–Crippen LogP) is 3.61. The summed E-state index contributed by atoms with van der Waals surface area (Å²) in [4.78, 5) is 18.6. The molecule has 0 amide bonds. The molecule has 0 atom stereocenters. The summed E-state index contributed by atoms with van der Waals surface area (Å²) in [5.74, 6) is 0.501. The van der Waals surface area contributed by atoms with Crippen molar-refractivity contribution in [2.45, 2.75) is 13.8 Å². The summed E-state index contributed by atoms with van der Waals surface area (Å²) >= 11 is 6.02. The van der Waals surface area contributed by atoms with Crippen LogP contribution in [0.15, 0.2) is 23.8 Å². The molecule has 1 aromatic heterocycles. The second-order valence-electron chi connectivity index (χ2n) is 4.05. The summed E-state index contributed by atoms with van der Waals surface area (Å²) in [6.45, 7) is 3.86. The van der Waals surface area contributed by atoms with E-state index < -0.39 is 4.92 Å². The van der Waals surface area contributed by atoms with E-state index in [0.717, 1.165) is 5.57 Å². The maximum atomic E-state index is 10.7. The van der Waals surface area contributed by atoms with Crippen molar-refractivity contribution in [1.82, 2.24) is 9.97 Å². The third-order valence-corrected chi connectivity index (χ3v) is 2.57. The van der Waals surface area contributed by atoms with Gasteiger partial charge in [0.25, 0.3) is 5.69 Å². The fourth-order valence-electron chi connectivity index (χ4n) is 1.53. The molecule has 0 aliphatic heterocycles. The average molecular weight is 264 g/mol. The lowest BCUT2D eigenvalue weighted by Gasteiger charge is -2.02. The van der Waals surface area contributed by atoms with Crippen LogP contribution in [0.5, 0.6) is 0 Å². The van der Waals surface area contributed by atoms with Gasteiger partial charge in [0.1, 0.15) is 5.15 Å². The van der Waals surface area contributed by atoms with Crippen molar-refractivity contribution in [3.05, 3.63) is 44.9 Å². The largest absolute Gasteiger partial charge is 0.270 e. The first-order valence-electron chi connectivity index (χ1n) is 5.24. The molecule has 0 radical (unpaired) electrons. The zero-order chi connectivity index (χ0) is 13.3. The van der Waals surface area contributed by atoms with Gasteiger partial charge in [-0.1, -0.05) is 17.2 Å². The van der Waals surface area contributed by atoms with E-state index in [0.29, 0.717) is 16.7 Å². The Labute approximate surface area is 108 Å². The Balaban J connectivity index is 2.66. The highest BCUT2D eigenvalue weighted by Gasteiger charge is 2.10. The molecule has 0 bridgehead atoms. The first-order chi connectivity index (χ1) is 8.47. The SMILES string of the molecule is CC(C)=Cc1nc(Cl)c2cc([N+](=O)[O-])ccc2n1. The van der Waals surface area contributed by atoms with Gasteiger partial charge in [0.05, 0.1) is 10.4 Å². The molecule has 0 unspecified atom stereocenters. The fourth-order valence-corrected chi connectivity index (χ4v) is 1.77. The van der Waals surface area contributed by atoms with Gasteiger partial charge in [0, 0.05) is 17.5 Å². The van der Waals surface area contributed by atoms with Gasteiger partial charge in [-0.2, -0.15) is 0 Å². The van der Waals surface area contributed by atoms with Crippen LogP contribution >= 0.6 is 11.6 Å². The quantitative estimate of drug-likeness (QED) is 0.471. The summed E-state index contributed by atoms with van der Waals surface area (Å²) in [5, 5.41) is 11.4. The van der Waals surface area contributed by atoms with Crippen LogP contribution in [0.3, 0.4) is 0 Å². The van der Waals surface area contributed by atoms with Crippen molar-refractivity contribution in [1.29, 1.82) is 0 Å².